The second-order valence-electron chi connectivity index (χ2n) is 5.90. The molecule has 0 unspecified atom stereocenters. The standard InChI is InChI=1S/C15H18O4/c1-14(2,3)10-6-5-7-11(8-10)15(4)18-12(16)9-13(17)19-15/h5-8H,9H2,1-4H3. The number of hydrogen-bond donors (Lipinski definition) is 0. The van der Waals surface area contributed by atoms with E-state index in [2.05, 4.69) is 20.8 Å². The van der Waals surface area contributed by atoms with E-state index in [0.29, 0.717) is 5.56 Å². The Kier molecular flexibility index (Phi) is 3.12. The van der Waals surface area contributed by atoms with Crippen molar-refractivity contribution in [3.63, 3.8) is 0 Å². The largest absolute Gasteiger partial charge is 0.418 e. The molecule has 1 aromatic carbocycles. The third-order valence-electron chi connectivity index (χ3n) is 3.16. The zero-order valence-corrected chi connectivity index (χ0v) is 11.6. The van der Waals surface area contributed by atoms with E-state index in [0.717, 1.165) is 5.56 Å². The maximum Gasteiger partial charge on any atom is 0.320 e. The highest BCUT2D eigenvalue weighted by atomic mass is 16.7. The van der Waals surface area contributed by atoms with Gasteiger partial charge in [-0.25, -0.2) is 0 Å². The third-order valence-corrected chi connectivity index (χ3v) is 3.16. The van der Waals surface area contributed by atoms with Crippen LogP contribution >= 0.6 is 0 Å². The van der Waals surface area contributed by atoms with Crippen LogP contribution in [0.25, 0.3) is 0 Å². The van der Waals surface area contributed by atoms with Gasteiger partial charge in [0.05, 0.1) is 0 Å². The van der Waals surface area contributed by atoms with E-state index in [1.807, 2.05) is 18.2 Å². The Hall–Kier alpha value is -1.84. The summed E-state index contributed by atoms with van der Waals surface area (Å²) in [5.74, 6) is -2.44. The summed E-state index contributed by atoms with van der Waals surface area (Å²) in [6, 6.07) is 7.57. The first kappa shape index (κ1) is 13.6. The van der Waals surface area contributed by atoms with Crippen molar-refractivity contribution in [1.82, 2.24) is 0 Å². The van der Waals surface area contributed by atoms with Gasteiger partial charge in [0, 0.05) is 12.5 Å². The number of benzene rings is 1. The van der Waals surface area contributed by atoms with Crippen LogP contribution in [0.15, 0.2) is 24.3 Å². The molecule has 102 valence electrons. The summed E-state index contributed by atoms with van der Waals surface area (Å²) in [6.07, 6.45) is -0.325. The van der Waals surface area contributed by atoms with Crippen molar-refractivity contribution in [3.8, 4) is 0 Å². The van der Waals surface area contributed by atoms with E-state index < -0.39 is 17.7 Å². The number of carbonyl (C=O) groups is 2. The highest BCUT2D eigenvalue weighted by Gasteiger charge is 2.41. The second-order valence-corrected chi connectivity index (χ2v) is 5.90. The molecular formula is C15H18O4. The van der Waals surface area contributed by atoms with Crippen molar-refractivity contribution in [1.29, 1.82) is 0 Å². The van der Waals surface area contributed by atoms with E-state index in [4.69, 9.17) is 9.47 Å². The summed E-state index contributed by atoms with van der Waals surface area (Å²) in [5.41, 5.74) is 1.72. The van der Waals surface area contributed by atoms with Crippen LogP contribution in [0.2, 0.25) is 0 Å². The number of hydrogen-bond acceptors (Lipinski definition) is 4. The Balaban J connectivity index is 2.40. The van der Waals surface area contributed by atoms with E-state index in [1.165, 1.54) is 0 Å². The Bertz CT molecular complexity index is 509. The zero-order chi connectivity index (χ0) is 14.3. The van der Waals surface area contributed by atoms with Crippen LogP contribution in [-0.4, -0.2) is 11.9 Å². The van der Waals surface area contributed by atoms with Crippen LogP contribution < -0.4 is 0 Å². The first-order valence-electron chi connectivity index (χ1n) is 6.25. The predicted octanol–water partition coefficient (Wildman–Crippen LogP) is 2.65. The minimum Gasteiger partial charge on any atom is -0.418 e. The van der Waals surface area contributed by atoms with Crippen LogP contribution in [0.1, 0.15) is 45.2 Å². The van der Waals surface area contributed by atoms with Crippen molar-refractivity contribution in [2.45, 2.75) is 45.3 Å². The zero-order valence-electron chi connectivity index (χ0n) is 11.6. The van der Waals surface area contributed by atoms with Crippen molar-refractivity contribution in [2.24, 2.45) is 0 Å². The van der Waals surface area contributed by atoms with Gasteiger partial charge in [0.2, 0.25) is 0 Å². The molecule has 0 atom stereocenters. The topological polar surface area (TPSA) is 52.6 Å². The minimum absolute atomic E-state index is 0.0327. The highest BCUT2D eigenvalue weighted by molar-refractivity contribution is 5.93. The van der Waals surface area contributed by atoms with Gasteiger partial charge in [0.1, 0.15) is 6.42 Å². The number of esters is 2. The van der Waals surface area contributed by atoms with Crippen LogP contribution in [0.5, 0.6) is 0 Å². The normalized spacial score (nSPS) is 18.7. The molecule has 4 nitrogen and oxygen atoms in total. The quantitative estimate of drug-likeness (QED) is 0.576. The summed E-state index contributed by atoms with van der Waals surface area (Å²) in [4.78, 5) is 22.8. The van der Waals surface area contributed by atoms with Gasteiger partial charge in [0.25, 0.3) is 5.79 Å². The summed E-state index contributed by atoms with van der Waals surface area (Å²) in [7, 11) is 0. The molecule has 1 aromatic rings. The van der Waals surface area contributed by atoms with Gasteiger partial charge in [-0.1, -0.05) is 39.0 Å². The predicted molar refractivity (Wildman–Crippen MR) is 69.3 cm³/mol. The Morgan fingerprint density at radius 1 is 1.11 bits per heavy atom. The lowest BCUT2D eigenvalue weighted by molar-refractivity contribution is -0.242. The molecule has 0 bridgehead atoms. The molecule has 4 heteroatoms. The average molecular weight is 262 g/mol. The molecule has 0 aromatic heterocycles. The minimum atomic E-state index is -1.33. The number of rotatable bonds is 1. The van der Waals surface area contributed by atoms with Crippen LogP contribution in [-0.2, 0) is 30.3 Å². The SMILES string of the molecule is CC(C)(C)c1cccc(C2(C)OC(=O)CC(=O)O2)c1. The van der Waals surface area contributed by atoms with Gasteiger partial charge in [-0.2, -0.15) is 0 Å². The molecule has 0 radical (unpaired) electrons. The lowest BCUT2D eigenvalue weighted by atomic mass is 9.85. The second kappa shape index (κ2) is 4.37. The first-order chi connectivity index (χ1) is 8.71. The van der Waals surface area contributed by atoms with Gasteiger partial charge in [-0.05, 0) is 17.0 Å². The summed E-state index contributed by atoms with van der Waals surface area (Å²) < 4.78 is 10.4. The molecule has 0 amide bonds. The molecule has 1 aliphatic heterocycles. The number of cyclic esters (lactones) is 2. The lowest BCUT2D eigenvalue weighted by Gasteiger charge is -2.33. The molecule has 0 spiro atoms. The maximum atomic E-state index is 11.4. The third kappa shape index (κ3) is 2.78. The molecule has 1 heterocycles. The van der Waals surface area contributed by atoms with Gasteiger partial charge in [0.15, 0.2) is 0 Å². The molecule has 0 saturated carbocycles. The van der Waals surface area contributed by atoms with E-state index in [-0.39, 0.29) is 11.8 Å². The fourth-order valence-electron chi connectivity index (χ4n) is 2.03. The lowest BCUT2D eigenvalue weighted by Crippen LogP contribution is -2.40. The first-order valence-corrected chi connectivity index (χ1v) is 6.25. The molecule has 1 saturated heterocycles. The molecule has 0 N–H and O–H groups in total. The van der Waals surface area contributed by atoms with Crippen molar-refractivity contribution >= 4 is 11.9 Å². The molecule has 1 aliphatic rings. The highest BCUT2D eigenvalue weighted by Crippen LogP contribution is 2.33. The molecular weight excluding hydrogens is 244 g/mol. The fraction of sp³-hybridized carbons (Fsp3) is 0.467. The van der Waals surface area contributed by atoms with Gasteiger partial charge < -0.3 is 9.47 Å². The van der Waals surface area contributed by atoms with Crippen molar-refractivity contribution in [2.75, 3.05) is 0 Å². The number of carbonyl (C=O) groups excluding carboxylic acids is 2. The summed E-state index contributed by atoms with van der Waals surface area (Å²) in [5, 5.41) is 0. The van der Waals surface area contributed by atoms with Gasteiger partial charge in [-0.3, -0.25) is 9.59 Å². The summed E-state index contributed by atoms with van der Waals surface area (Å²) >= 11 is 0. The molecule has 19 heavy (non-hydrogen) atoms. The Labute approximate surface area is 112 Å². The maximum absolute atomic E-state index is 11.4. The Morgan fingerprint density at radius 3 is 2.21 bits per heavy atom. The van der Waals surface area contributed by atoms with E-state index in [1.54, 1.807) is 13.0 Å². The number of ether oxygens (including phenoxy) is 2. The van der Waals surface area contributed by atoms with Crippen LogP contribution in [0.3, 0.4) is 0 Å². The average Bonchev–Trinajstić information content (AvgIpc) is 2.26. The fourth-order valence-corrected chi connectivity index (χ4v) is 2.03. The molecule has 1 fully saturated rings. The van der Waals surface area contributed by atoms with Gasteiger partial charge >= 0.3 is 11.9 Å². The smallest absolute Gasteiger partial charge is 0.320 e. The van der Waals surface area contributed by atoms with Crippen molar-refractivity contribution < 1.29 is 19.1 Å². The van der Waals surface area contributed by atoms with Gasteiger partial charge in [-0.15, -0.1) is 0 Å². The molecule has 2 rings (SSSR count). The van der Waals surface area contributed by atoms with E-state index in [9.17, 15) is 9.59 Å². The van der Waals surface area contributed by atoms with Crippen molar-refractivity contribution in [3.05, 3.63) is 35.4 Å². The van der Waals surface area contributed by atoms with E-state index >= 15 is 0 Å². The molecule has 0 aliphatic carbocycles. The monoisotopic (exact) mass is 262 g/mol. The summed E-state index contributed by atoms with van der Waals surface area (Å²) in [6.45, 7) is 7.86. The van der Waals surface area contributed by atoms with Crippen LogP contribution in [0.4, 0.5) is 0 Å². The van der Waals surface area contributed by atoms with Crippen LogP contribution in [0, 0.1) is 0 Å². The Morgan fingerprint density at radius 2 is 1.68 bits per heavy atom.